The summed E-state index contributed by atoms with van der Waals surface area (Å²) in [7, 11) is 1.82. The topological polar surface area (TPSA) is 50.1 Å². The van der Waals surface area contributed by atoms with E-state index < -0.39 is 17.3 Å². The molecule has 1 aliphatic heterocycles. The van der Waals surface area contributed by atoms with Crippen LogP contribution in [0.25, 0.3) is 0 Å². The number of hydrogen-bond acceptors (Lipinski definition) is 3. The van der Waals surface area contributed by atoms with Gasteiger partial charge in [0.15, 0.2) is 0 Å². The van der Waals surface area contributed by atoms with Crippen LogP contribution in [0.1, 0.15) is 42.5 Å². The van der Waals surface area contributed by atoms with Gasteiger partial charge in [0.2, 0.25) is 0 Å². The van der Waals surface area contributed by atoms with Crippen LogP contribution in [0.4, 0.5) is 13.2 Å². The largest absolute Gasteiger partial charge is 0.416 e. The van der Waals surface area contributed by atoms with Gasteiger partial charge in [-0.1, -0.05) is 12.1 Å². The van der Waals surface area contributed by atoms with Crippen molar-refractivity contribution in [1.29, 1.82) is 0 Å². The van der Waals surface area contributed by atoms with Gasteiger partial charge in [-0.2, -0.15) is 18.3 Å². The Bertz CT molecular complexity index is 711. The number of aromatic nitrogens is 2. The summed E-state index contributed by atoms with van der Waals surface area (Å²) in [6.07, 6.45) is 0.0656. The molecular formula is C17H20F3N3O. The predicted octanol–water partition coefficient (Wildman–Crippen LogP) is 3.14. The first-order valence-corrected chi connectivity index (χ1v) is 7.82. The number of halogens is 3. The van der Waals surface area contributed by atoms with Crippen LogP contribution in [0.5, 0.6) is 0 Å². The molecule has 0 saturated carbocycles. The molecule has 2 aromatic rings. The van der Waals surface area contributed by atoms with E-state index in [1.807, 2.05) is 20.2 Å². The molecule has 1 saturated heterocycles. The highest BCUT2D eigenvalue weighted by Crippen LogP contribution is 2.40. The van der Waals surface area contributed by atoms with Gasteiger partial charge in [0, 0.05) is 30.9 Å². The van der Waals surface area contributed by atoms with Crippen molar-refractivity contribution >= 4 is 0 Å². The highest BCUT2D eigenvalue weighted by atomic mass is 19.4. The molecule has 24 heavy (non-hydrogen) atoms. The molecule has 1 aromatic carbocycles. The molecule has 4 nitrogen and oxygen atoms in total. The molecule has 3 unspecified atom stereocenters. The molecule has 3 atom stereocenters. The monoisotopic (exact) mass is 339 g/mol. The van der Waals surface area contributed by atoms with Crippen LogP contribution in [0.2, 0.25) is 0 Å². The van der Waals surface area contributed by atoms with Crippen molar-refractivity contribution in [3.63, 3.8) is 0 Å². The van der Waals surface area contributed by atoms with E-state index in [0.29, 0.717) is 18.4 Å². The van der Waals surface area contributed by atoms with Crippen molar-refractivity contribution in [1.82, 2.24) is 15.1 Å². The van der Waals surface area contributed by atoms with Crippen LogP contribution in [0.3, 0.4) is 0 Å². The van der Waals surface area contributed by atoms with Crippen LogP contribution in [0.15, 0.2) is 36.7 Å². The second-order valence-electron chi connectivity index (χ2n) is 6.58. The standard InChI is InChI=1S/C17H20F3N3O/c1-11-7-16(24,8-15(22-11)12-9-21-23(2)10-12)13-3-5-14(6-4-13)17(18,19)20/h3-6,9-11,15,22,24H,7-8H2,1-2H3. The van der Waals surface area contributed by atoms with E-state index in [1.54, 1.807) is 10.9 Å². The number of nitrogens with one attached hydrogen (secondary N) is 1. The lowest BCUT2D eigenvalue weighted by Crippen LogP contribution is -2.46. The van der Waals surface area contributed by atoms with Crippen molar-refractivity contribution in [3.8, 4) is 0 Å². The normalized spacial score (nSPS) is 28.1. The Morgan fingerprint density at radius 1 is 1.25 bits per heavy atom. The fourth-order valence-electron chi connectivity index (χ4n) is 3.43. The molecule has 0 amide bonds. The molecule has 0 spiro atoms. The minimum absolute atomic E-state index is 0.0243. The third-order valence-electron chi connectivity index (χ3n) is 4.55. The zero-order valence-electron chi connectivity index (χ0n) is 13.5. The fraction of sp³-hybridized carbons (Fsp3) is 0.471. The van der Waals surface area contributed by atoms with Crippen molar-refractivity contribution in [2.24, 2.45) is 7.05 Å². The zero-order chi connectivity index (χ0) is 17.5. The molecule has 0 bridgehead atoms. The summed E-state index contributed by atoms with van der Waals surface area (Å²) in [6, 6.07) is 4.73. The van der Waals surface area contributed by atoms with Crippen molar-refractivity contribution in [3.05, 3.63) is 53.3 Å². The predicted molar refractivity (Wildman–Crippen MR) is 83.1 cm³/mol. The SMILES string of the molecule is CC1CC(O)(c2ccc(C(F)(F)F)cc2)CC(c2cnn(C)c2)N1. The molecule has 1 aromatic heterocycles. The van der Waals surface area contributed by atoms with Crippen LogP contribution >= 0.6 is 0 Å². The second kappa shape index (κ2) is 5.89. The lowest BCUT2D eigenvalue weighted by molar-refractivity contribution is -0.137. The minimum atomic E-state index is -4.37. The molecular weight excluding hydrogens is 319 g/mol. The highest BCUT2D eigenvalue weighted by Gasteiger charge is 2.40. The number of nitrogens with zero attached hydrogens (tertiary/aromatic N) is 2. The molecule has 2 heterocycles. The van der Waals surface area contributed by atoms with E-state index in [4.69, 9.17) is 0 Å². The average Bonchev–Trinajstić information content (AvgIpc) is 2.92. The third-order valence-corrected chi connectivity index (χ3v) is 4.55. The summed E-state index contributed by atoms with van der Waals surface area (Å²) in [5, 5.41) is 18.7. The zero-order valence-corrected chi connectivity index (χ0v) is 13.5. The number of rotatable bonds is 2. The lowest BCUT2D eigenvalue weighted by atomic mass is 9.77. The van der Waals surface area contributed by atoms with Crippen LogP contribution in [0, 0.1) is 0 Å². The Labute approximate surface area is 138 Å². The number of piperidine rings is 1. The van der Waals surface area contributed by atoms with E-state index >= 15 is 0 Å². The maximum Gasteiger partial charge on any atom is 0.416 e. The van der Waals surface area contributed by atoms with Gasteiger partial charge in [-0.05, 0) is 37.5 Å². The van der Waals surface area contributed by atoms with Gasteiger partial charge in [0.1, 0.15) is 0 Å². The van der Waals surface area contributed by atoms with Crippen molar-refractivity contribution in [2.75, 3.05) is 0 Å². The van der Waals surface area contributed by atoms with Gasteiger partial charge in [-0.15, -0.1) is 0 Å². The Morgan fingerprint density at radius 2 is 1.92 bits per heavy atom. The molecule has 130 valence electrons. The van der Waals surface area contributed by atoms with Crippen molar-refractivity contribution in [2.45, 2.75) is 43.6 Å². The van der Waals surface area contributed by atoms with Gasteiger partial charge in [-0.3, -0.25) is 4.68 Å². The van der Waals surface area contributed by atoms with Gasteiger partial charge in [-0.25, -0.2) is 0 Å². The smallest absolute Gasteiger partial charge is 0.385 e. The molecule has 1 fully saturated rings. The summed E-state index contributed by atoms with van der Waals surface area (Å²) in [4.78, 5) is 0. The number of alkyl halides is 3. The quantitative estimate of drug-likeness (QED) is 0.884. The number of benzene rings is 1. The number of hydrogen-bond donors (Lipinski definition) is 2. The Hall–Kier alpha value is -1.86. The summed E-state index contributed by atoms with van der Waals surface area (Å²) in [5.41, 5.74) is -0.414. The molecule has 7 heteroatoms. The number of aryl methyl sites for hydroxylation is 1. The van der Waals surface area contributed by atoms with E-state index in [-0.39, 0.29) is 12.1 Å². The number of aliphatic hydroxyl groups is 1. The van der Waals surface area contributed by atoms with Crippen molar-refractivity contribution < 1.29 is 18.3 Å². The van der Waals surface area contributed by atoms with Gasteiger partial charge in [0.25, 0.3) is 0 Å². The first-order valence-electron chi connectivity index (χ1n) is 7.82. The molecule has 0 aliphatic carbocycles. The second-order valence-corrected chi connectivity index (χ2v) is 6.58. The minimum Gasteiger partial charge on any atom is -0.385 e. The van der Waals surface area contributed by atoms with E-state index in [0.717, 1.165) is 17.7 Å². The fourth-order valence-corrected chi connectivity index (χ4v) is 3.43. The Kier molecular flexibility index (Phi) is 4.17. The summed E-state index contributed by atoms with van der Waals surface area (Å²) >= 11 is 0. The maximum atomic E-state index is 12.7. The van der Waals surface area contributed by atoms with E-state index in [1.165, 1.54) is 12.1 Å². The van der Waals surface area contributed by atoms with Gasteiger partial charge >= 0.3 is 6.18 Å². The first kappa shape index (κ1) is 17.0. The third kappa shape index (κ3) is 3.32. The highest BCUT2D eigenvalue weighted by molar-refractivity contribution is 5.30. The van der Waals surface area contributed by atoms with E-state index in [9.17, 15) is 18.3 Å². The molecule has 2 N–H and O–H groups in total. The van der Waals surface area contributed by atoms with Gasteiger partial charge in [0.05, 0.1) is 17.4 Å². The lowest BCUT2D eigenvalue weighted by Gasteiger charge is -2.41. The van der Waals surface area contributed by atoms with Gasteiger partial charge < -0.3 is 10.4 Å². The molecule has 1 aliphatic rings. The van der Waals surface area contributed by atoms with Crippen LogP contribution in [-0.4, -0.2) is 20.9 Å². The van der Waals surface area contributed by atoms with Crippen LogP contribution < -0.4 is 5.32 Å². The Balaban J connectivity index is 1.87. The average molecular weight is 339 g/mol. The summed E-state index contributed by atoms with van der Waals surface area (Å²) < 4.78 is 39.9. The first-order chi connectivity index (χ1) is 11.2. The molecule has 3 rings (SSSR count). The van der Waals surface area contributed by atoms with E-state index in [2.05, 4.69) is 10.4 Å². The maximum absolute atomic E-state index is 12.7. The molecule has 0 radical (unpaired) electrons. The van der Waals surface area contributed by atoms with Crippen LogP contribution in [-0.2, 0) is 18.8 Å². The Morgan fingerprint density at radius 3 is 2.46 bits per heavy atom. The summed E-state index contributed by atoms with van der Waals surface area (Å²) in [5.74, 6) is 0. The summed E-state index contributed by atoms with van der Waals surface area (Å²) in [6.45, 7) is 1.96.